The highest BCUT2D eigenvalue weighted by molar-refractivity contribution is 5.75. The van der Waals surface area contributed by atoms with Crippen molar-refractivity contribution < 1.29 is 4.79 Å². The Morgan fingerprint density at radius 3 is 2.71 bits per heavy atom. The van der Waals surface area contributed by atoms with Crippen LogP contribution in [0.4, 0.5) is 0 Å². The Morgan fingerprint density at radius 1 is 1.33 bits per heavy atom. The van der Waals surface area contributed by atoms with Gasteiger partial charge < -0.3 is 16.0 Å². The van der Waals surface area contributed by atoms with Crippen LogP contribution >= 0.6 is 0 Å². The lowest BCUT2D eigenvalue weighted by Crippen LogP contribution is -2.28. The van der Waals surface area contributed by atoms with Crippen molar-refractivity contribution in [2.75, 3.05) is 26.7 Å². The molecule has 1 aromatic carbocycles. The quantitative estimate of drug-likeness (QED) is 0.648. The zero-order valence-corrected chi connectivity index (χ0v) is 13.3. The third-order valence-corrected chi connectivity index (χ3v) is 3.60. The average molecular weight is 291 g/mol. The Hall–Kier alpha value is -1.39. The third kappa shape index (κ3) is 8.48. The minimum absolute atomic E-state index is 0.140. The molecule has 4 nitrogen and oxygen atoms in total. The van der Waals surface area contributed by atoms with E-state index < -0.39 is 0 Å². The van der Waals surface area contributed by atoms with Crippen molar-refractivity contribution in [3.05, 3.63) is 35.9 Å². The molecule has 1 aromatic rings. The molecular formula is C17H29N3O. The van der Waals surface area contributed by atoms with Crippen molar-refractivity contribution in [3.63, 3.8) is 0 Å². The maximum atomic E-state index is 11.6. The second kappa shape index (κ2) is 10.4. The molecule has 21 heavy (non-hydrogen) atoms. The molecule has 0 spiro atoms. The van der Waals surface area contributed by atoms with Crippen LogP contribution in [0.25, 0.3) is 0 Å². The van der Waals surface area contributed by atoms with Crippen LogP contribution in [0.15, 0.2) is 30.3 Å². The summed E-state index contributed by atoms with van der Waals surface area (Å²) in [5.41, 5.74) is 6.86. The van der Waals surface area contributed by atoms with E-state index in [1.54, 1.807) is 0 Å². The second-order valence-corrected chi connectivity index (χ2v) is 5.81. The van der Waals surface area contributed by atoms with Crippen molar-refractivity contribution in [2.24, 2.45) is 11.7 Å². The van der Waals surface area contributed by atoms with Crippen LogP contribution in [0.2, 0.25) is 0 Å². The first kappa shape index (κ1) is 17.7. The van der Waals surface area contributed by atoms with Crippen LogP contribution in [0.3, 0.4) is 0 Å². The molecule has 0 aromatic heterocycles. The first-order chi connectivity index (χ1) is 10.1. The predicted molar refractivity (Wildman–Crippen MR) is 87.9 cm³/mol. The normalized spacial score (nSPS) is 12.4. The number of nitrogens with two attached hydrogens (primary N) is 1. The number of hydrogen-bond acceptors (Lipinski definition) is 3. The molecule has 0 radical (unpaired) electrons. The molecule has 1 rings (SSSR count). The molecule has 0 aliphatic rings. The Morgan fingerprint density at radius 2 is 2.05 bits per heavy atom. The summed E-state index contributed by atoms with van der Waals surface area (Å²) in [5.74, 6) is 0.564. The van der Waals surface area contributed by atoms with E-state index in [0.29, 0.717) is 18.9 Å². The van der Waals surface area contributed by atoms with Crippen molar-refractivity contribution in [1.29, 1.82) is 0 Å². The van der Waals surface area contributed by atoms with Crippen molar-refractivity contribution >= 4 is 5.91 Å². The molecule has 1 atom stereocenters. The average Bonchev–Trinajstić information content (AvgIpc) is 2.50. The molecule has 0 saturated heterocycles. The summed E-state index contributed by atoms with van der Waals surface area (Å²) in [6, 6.07) is 10.4. The summed E-state index contributed by atoms with van der Waals surface area (Å²) >= 11 is 0. The van der Waals surface area contributed by atoms with Gasteiger partial charge in [0.2, 0.25) is 5.91 Å². The SMILES string of the molecule is CC(CN)CCC(=O)NCCCN(C)Cc1ccccc1. The predicted octanol–water partition coefficient (Wildman–Crippen LogP) is 2.00. The summed E-state index contributed by atoms with van der Waals surface area (Å²) in [6.45, 7) is 5.40. The van der Waals surface area contributed by atoms with Gasteiger partial charge in [-0.1, -0.05) is 37.3 Å². The number of hydrogen-bond donors (Lipinski definition) is 2. The van der Waals surface area contributed by atoms with Gasteiger partial charge in [0.05, 0.1) is 0 Å². The molecule has 0 bridgehead atoms. The second-order valence-electron chi connectivity index (χ2n) is 5.81. The standard InChI is InChI=1S/C17H29N3O/c1-15(13-18)9-10-17(21)19-11-6-12-20(2)14-16-7-4-3-5-8-16/h3-5,7-8,15H,6,9-14,18H2,1-2H3,(H,19,21). The number of benzene rings is 1. The Kier molecular flexibility index (Phi) is 8.71. The molecule has 1 amide bonds. The highest BCUT2D eigenvalue weighted by Gasteiger charge is 2.05. The molecule has 0 aliphatic carbocycles. The van der Waals surface area contributed by atoms with Gasteiger partial charge in [-0.15, -0.1) is 0 Å². The van der Waals surface area contributed by atoms with Crippen LogP contribution in [-0.4, -0.2) is 37.5 Å². The van der Waals surface area contributed by atoms with E-state index in [0.717, 1.165) is 32.5 Å². The summed E-state index contributed by atoms with van der Waals surface area (Å²) in [7, 11) is 2.11. The van der Waals surface area contributed by atoms with Gasteiger partial charge >= 0.3 is 0 Å². The number of carbonyl (C=O) groups is 1. The van der Waals surface area contributed by atoms with E-state index in [1.165, 1.54) is 5.56 Å². The maximum Gasteiger partial charge on any atom is 0.220 e. The van der Waals surface area contributed by atoms with Gasteiger partial charge in [-0.3, -0.25) is 4.79 Å². The van der Waals surface area contributed by atoms with Gasteiger partial charge in [0.15, 0.2) is 0 Å². The van der Waals surface area contributed by atoms with Crippen molar-refractivity contribution in [2.45, 2.75) is 32.7 Å². The molecule has 3 N–H and O–H groups in total. The number of nitrogens with zero attached hydrogens (tertiary/aromatic N) is 1. The molecule has 0 saturated carbocycles. The maximum absolute atomic E-state index is 11.6. The lowest BCUT2D eigenvalue weighted by molar-refractivity contribution is -0.121. The molecule has 4 heteroatoms. The van der Waals surface area contributed by atoms with Crippen LogP contribution in [0.1, 0.15) is 31.7 Å². The summed E-state index contributed by atoms with van der Waals surface area (Å²) < 4.78 is 0. The molecule has 0 aliphatic heterocycles. The van der Waals surface area contributed by atoms with E-state index in [1.807, 2.05) is 6.07 Å². The monoisotopic (exact) mass is 291 g/mol. The van der Waals surface area contributed by atoms with E-state index >= 15 is 0 Å². The van der Waals surface area contributed by atoms with Gasteiger partial charge in [-0.25, -0.2) is 0 Å². The minimum Gasteiger partial charge on any atom is -0.356 e. The zero-order chi connectivity index (χ0) is 15.5. The largest absolute Gasteiger partial charge is 0.356 e. The smallest absolute Gasteiger partial charge is 0.220 e. The first-order valence-electron chi connectivity index (χ1n) is 7.81. The fourth-order valence-electron chi connectivity index (χ4n) is 2.13. The summed E-state index contributed by atoms with van der Waals surface area (Å²) in [5, 5.41) is 2.97. The van der Waals surface area contributed by atoms with E-state index in [9.17, 15) is 4.79 Å². The lowest BCUT2D eigenvalue weighted by atomic mass is 10.1. The lowest BCUT2D eigenvalue weighted by Gasteiger charge is -2.16. The van der Waals surface area contributed by atoms with Crippen molar-refractivity contribution in [1.82, 2.24) is 10.2 Å². The van der Waals surface area contributed by atoms with Gasteiger partial charge in [0, 0.05) is 19.5 Å². The number of carbonyl (C=O) groups excluding carboxylic acids is 1. The topological polar surface area (TPSA) is 58.4 Å². The fourth-order valence-corrected chi connectivity index (χ4v) is 2.13. The summed E-state index contributed by atoms with van der Waals surface area (Å²) in [4.78, 5) is 13.9. The molecular weight excluding hydrogens is 262 g/mol. The number of amides is 1. The molecule has 1 unspecified atom stereocenters. The van der Waals surface area contributed by atoms with Gasteiger partial charge in [0.1, 0.15) is 0 Å². The number of nitrogens with one attached hydrogen (secondary N) is 1. The van der Waals surface area contributed by atoms with Crippen LogP contribution < -0.4 is 11.1 Å². The van der Waals surface area contributed by atoms with Gasteiger partial charge in [-0.2, -0.15) is 0 Å². The number of rotatable bonds is 10. The first-order valence-corrected chi connectivity index (χ1v) is 7.81. The van der Waals surface area contributed by atoms with Crippen molar-refractivity contribution in [3.8, 4) is 0 Å². The summed E-state index contributed by atoms with van der Waals surface area (Å²) in [6.07, 6.45) is 2.43. The van der Waals surface area contributed by atoms with Gasteiger partial charge in [-0.05, 0) is 44.5 Å². The van der Waals surface area contributed by atoms with Crippen LogP contribution in [0.5, 0.6) is 0 Å². The molecule has 0 fully saturated rings. The Balaban J connectivity index is 2.06. The van der Waals surface area contributed by atoms with E-state index in [2.05, 4.69) is 48.5 Å². The fraction of sp³-hybridized carbons (Fsp3) is 0.588. The Labute approximate surface area is 128 Å². The van der Waals surface area contributed by atoms with E-state index in [4.69, 9.17) is 5.73 Å². The minimum atomic E-state index is 0.140. The Bertz CT molecular complexity index is 394. The highest BCUT2D eigenvalue weighted by Crippen LogP contribution is 2.04. The van der Waals surface area contributed by atoms with Gasteiger partial charge in [0.25, 0.3) is 0 Å². The zero-order valence-electron chi connectivity index (χ0n) is 13.3. The molecule has 0 heterocycles. The molecule has 118 valence electrons. The highest BCUT2D eigenvalue weighted by atomic mass is 16.1. The van der Waals surface area contributed by atoms with Crippen LogP contribution in [-0.2, 0) is 11.3 Å². The van der Waals surface area contributed by atoms with E-state index in [-0.39, 0.29) is 5.91 Å². The third-order valence-electron chi connectivity index (χ3n) is 3.60. The van der Waals surface area contributed by atoms with Crippen LogP contribution in [0, 0.1) is 5.92 Å².